The lowest BCUT2D eigenvalue weighted by Gasteiger charge is -2.53. The third-order valence-electron chi connectivity index (χ3n) is 7.61. The molecule has 4 aliphatic rings. The van der Waals surface area contributed by atoms with Gasteiger partial charge in [0.1, 0.15) is 5.75 Å². The molecule has 5 heteroatoms. The van der Waals surface area contributed by atoms with Gasteiger partial charge in [0.15, 0.2) is 0 Å². The number of aliphatic hydroxyl groups is 1. The van der Waals surface area contributed by atoms with E-state index < -0.39 is 17.3 Å². The molecule has 3 aromatic carbocycles. The predicted molar refractivity (Wildman–Crippen MR) is 124 cm³/mol. The number of hydrogen-bond donors (Lipinski definition) is 1. The smallest absolute Gasteiger partial charge is 0.239 e. The van der Waals surface area contributed by atoms with Gasteiger partial charge in [0.2, 0.25) is 11.8 Å². The minimum atomic E-state index is -0.951. The molecule has 3 aliphatic carbocycles. The number of rotatable bonds is 5. The summed E-state index contributed by atoms with van der Waals surface area (Å²) < 4.78 is 5.90. The van der Waals surface area contributed by atoms with E-state index in [1.807, 2.05) is 67.6 Å². The Morgan fingerprint density at radius 1 is 0.879 bits per heavy atom. The first kappa shape index (κ1) is 20.2. The van der Waals surface area contributed by atoms with Crippen molar-refractivity contribution in [3.05, 3.63) is 95.1 Å². The first-order chi connectivity index (χ1) is 16.1. The monoisotopic (exact) mass is 439 g/mol. The Bertz CT molecular complexity index is 1230. The van der Waals surface area contributed by atoms with Gasteiger partial charge in [-0.25, -0.2) is 4.90 Å². The van der Waals surface area contributed by atoms with Gasteiger partial charge in [0.05, 0.1) is 36.2 Å². The number of para-hydroxylation sites is 2. The zero-order valence-electron chi connectivity index (χ0n) is 18.4. The highest BCUT2D eigenvalue weighted by Crippen LogP contribution is 2.64. The average molecular weight is 440 g/mol. The number of nitrogens with zero attached hydrogens (tertiary/aromatic N) is 1. The van der Waals surface area contributed by atoms with Crippen LogP contribution in [-0.2, 0) is 15.0 Å². The van der Waals surface area contributed by atoms with Gasteiger partial charge >= 0.3 is 0 Å². The van der Waals surface area contributed by atoms with E-state index in [4.69, 9.17) is 4.74 Å². The highest BCUT2D eigenvalue weighted by Gasteiger charge is 2.68. The lowest BCUT2D eigenvalue weighted by Crippen LogP contribution is -2.55. The van der Waals surface area contributed by atoms with Crippen molar-refractivity contribution < 1.29 is 19.4 Å². The SMILES string of the molecule is CCCOc1ccccc1N1C(=O)[C@H]2C3c4ccccc4C(CO)(c4ccccc43)[C@H]2C1=O. The molecule has 7 rings (SSSR count). The van der Waals surface area contributed by atoms with E-state index in [0.29, 0.717) is 18.0 Å². The third kappa shape index (κ3) is 2.46. The Balaban J connectivity index is 1.58. The number of anilines is 1. The molecule has 33 heavy (non-hydrogen) atoms. The average Bonchev–Trinajstić information content (AvgIpc) is 3.13. The minimum absolute atomic E-state index is 0.218. The van der Waals surface area contributed by atoms with Crippen LogP contribution in [0.15, 0.2) is 72.8 Å². The Hall–Kier alpha value is -3.44. The van der Waals surface area contributed by atoms with Gasteiger partial charge in [0, 0.05) is 5.92 Å². The molecule has 0 aromatic heterocycles. The summed E-state index contributed by atoms with van der Waals surface area (Å²) in [5.74, 6) is -1.40. The highest BCUT2D eigenvalue weighted by molar-refractivity contribution is 6.24. The summed E-state index contributed by atoms with van der Waals surface area (Å²) in [5, 5.41) is 10.9. The maximum Gasteiger partial charge on any atom is 0.239 e. The number of benzene rings is 3. The fourth-order valence-corrected chi connectivity index (χ4v) is 6.41. The number of amides is 2. The fraction of sp³-hybridized carbons (Fsp3) is 0.286. The molecule has 0 saturated carbocycles. The van der Waals surface area contributed by atoms with Crippen molar-refractivity contribution in [1.82, 2.24) is 0 Å². The number of carbonyl (C=O) groups excluding carboxylic acids is 2. The molecule has 5 nitrogen and oxygen atoms in total. The molecule has 3 aromatic rings. The summed E-state index contributed by atoms with van der Waals surface area (Å²) in [6, 6.07) is 23.1. The van der Waals surface area contributed by atoms with E-state index in [-0.39, 0.29) is 24.3 Å². The van der Waals surface area contributed by atoms with Gasteiger partial charge in [-0.1, -0.05) is 67.6 Å². The zero-order chi connectivity index (χ0) is 22.7. The van der Waals surface area contributed by atoms with Crippen LogP contribution < -0.4 is 9.64 Å². The van der Waals surface area contributed by atoms with Crippen molar-refractivity contribution in [3.63, 3.8) is 0 Å². The van der Waals surface area contributed by atoms with Gasteiger partial charge < -0.3 is 9.84 Å². The van der Waals surface area contributed by atoms with Crippen LogP contribution in [0.2, 0.25) is 0 Å². The Morgan fingerprint density at radius 2 is 1.48 bits per heavy atom. The van der Waals surface area contributed by atoms with E-state index in [0.717, 1.165) is 28.7 Å². The second-order valence-electron chi connectivity index (χ2n) is 9.11. The molecule has 2 bridgehead atoms. The highest BCUT2D eigenvalue weighted by atomic mass is 16.5. The molecule has 166 valence electrons. The van der Waals surface area contributed by atoms with E-state index in [1.54, 1.807) is 12.1 Å². The minimum Gasteiger partial charge on any atom is -0.491 e. The molecule has 1 N–H and O–H groups in total. The standard InChI is InChI=1S/C28H25NO4/c1-2-15-33-22-14-8-7-13-21(22)29-26(31)24-23-17-9-3-5-11-19(17)28(16-30,25(24)27(29)32)20-12-6-4-10-18(20)23/h3-14,23-25,30H,2,15-16H2,1H3/t23?,24-,25+,28?/m0/s1. The summed E-state index contributed by atoms with van der Waals surface area (Å²) in [4.78, 5) is 29.4. The summed E-state index contributed by atoms with van der Waals surface area (Å²) in [7, 11) is 0. The van der Waals surface area contributed by atoms with Crippen LogP contribution in [0.5, 0.6) is 5.75 Å². The van der Waals surface area contributed by atoms with Crippen LogP contribution >= 0.6 is 0 Å². The van der Waals surface area contributed by atoms with Crippen molar-refractivity contribution in [2.45, 2.75) is 24.7 Å². The molecule has 1 saturated heterocycles. The number of carbonyl (C=O) groups is 2. The van der Waals surface area contributed by atoms with Crippen LogP contribution in [0.1, 0.15) is 41.5 Å². The maximum absolute atomic E-state index is 14.1. The number of imide groups is 1. The Labute approximate surface area is 192 Å². The molecule has 0 unspecified atom stereocenters. The summed E-state index contributed by atoms with van der Waals surface area (Å²) >= 11 is 0. The summed E-state index contributed by atoms with van der Waals surface area (Å²) in [6.07, 6.45) is 0.821. The second-order valence-corrected chi connectivity index (χ2v) is 9.11. The van der Waals surface area contributed by atoms with Gasteiger partial charge in [-0.15, -0.1) is 0 Å². The molecular formula is C28H25NO4. The zero-order valence-corrected chi connectivity index (χ0v) is 18.4. The van der Waals surface area contributed by atoms with Crippen molar-refractivity contribution in [2.75, 3.05) is 18.1 Å². The maximum atomic E-state index is 14.1. The Morgan fingerprint density at radius 3 is 2.12 bits per heavy atom. The van der Waals surface area contributed by atoms with Crippen molar-refractivity contribution in [3.8, 4) is 5.75 Å². The van der Waals surface area contributed by atoms with Crippen LogP contribution in [-0.4, -0.2) is 30.1 Å². The van der Waals surface area contributed by atoms with Crippen molar-refractivity contribution in [2.24, 2.45) is 11.8 Å². The first-order valence-corrected chi connectivity index (χ1v) is 11.5. The molecule has 2 atom stereocenters. The first-order valence-electron chi connectivity index (χ1n) is 11.5. The van der Waals surface area contributed by atoms with Crippen molar-refractivity contribution in [1.29, 1.82) is 0 Å². The molecular weight excluding hydrogens is 414 g/mol. The largest absolute Gasteiger partial charge is 0.491 e. The molecule has 1 fully saturated rings. The lowest BCUT2D eigenvalue weighted by atomic mass is 9.47. The number of ether oxygens (including phenoxy) is 1. The number of hydrogen-bond acceptors (Lipinski definition) is 4. The van der Waals surface area contributed by atoms with Gasteiger partial charge in [0.25, 0.3) is 0 Å². The van der Waals surface area contributed by atoms with Crippen LogP contribution in [0.4, 0.5) is 5.69 Å². The molecule has 1 aliphatic heterocycles. The van der Waals surface area contributed by atoms with E-state index in [2.05, 4.69) is 0 Å². The fourth-order valence-electron chi connectivity index (χ4n) is 6.41. The summed E-state index contributed by atoms with van der Waals surface area (Å²) in [5.41, 5.74) is 3.51. The van der Waals surface area contributed by atoms with E-state index in [1.165, 1.54) is 4.90 Å². The number of aliphatic hydroxyl groups excluding tert-OH is 1. The topological polar surface area (TPSA) is 66.8 Å². The third-order valence-corrected chi connectivity index (χ3v) is 7.61. The molecule has 0 radical (unpaired) electrons. The van der Waals surface area contributed by atoms with E-state index >= 15 is 0 Å². The Kier molecular flexibility index (Phi) is 4.46. The van der Waals surface area contributed by atoms with Crippen molar-refractivity contribution >= 4 is 17.5 Å². The van der Waals surface area contributed by atoms with E-state index in [9.17, 15) is 14.7 Å². The molecule has 2 amide bonds. The van der Waals surface area contributed by atoms with Gasteiger partial charge in [-0.3, -0.25) is 9.59 Å². The van der Waals surface area contributed by atoms with Gasteiger partial charge in [-0.2, -0.15) is 0 Å². The molecule has 0 spiro atoms. The van der Waals surface area contributed by atoms with Crippen LogP contribution in [0.3, 0.4) is 0 Å². The quantitative estimate of drug-likeness (QED) is 0.610. The predicted octanol–water partition coefficient (Wildman–Crippen LogP) is 4.02. The molecule has 1 heterocycles. The van der Waals surface area contributed by atoms with Crippen LogP contribution in [0, 0.1) is 11.8 Å². The second kappa shape index (κ2) is 7.29. The summed E-state index contributed by atoms with van der Waals surface area (Å²) in [6.45, 7) is 2.27. The van der Waals surface area contributed by atoms with Gasteiger partial charge in [-0.05, 0) is 40.8 Å². The van der Waals surface area contributed by atoms with Crippen LogP contribution in [0.25, 0.3) is 0 Å². The lowest BCUT2D eigenvalue weighted by molar-refractivity contribution is -0.124. The normalized spacial score (nSPS) is 26.7.